The van der Waals surface area contributed by atoms with Gasteiger partial charge in [0.25, 0.3) is 0 Å². The smallest absolute Gasteiger partial charge is 0.510 e. The molecule has 1 aromatic carbocycles. The van der Waals surface area contributed by atoms with Gasteiger partial charge in [-0.2, -0.15) is 6.66 Å². The standard InChI is InChI=1S/C7H8P.Li/c1-8-7-5-3-2-4-6-7;/h2-6H,1H3;/q-1;+1. The molecule has 0 radical (unpaired) electrons. The van der Waals surface area contributed by atoms with E-state index in [2.05, 4.69) is 30.9 Å². The first-order chi connectivity index (χ1) is 3.93. The Hall–Kier alpha value is 0.247. The van der Waals surface area contributed by atoms with Crippen LogP contribution in [0.1, 0.15) is 0 Å². The van der Waals surface area contributed by atoms with Gasteiger partial charge in [0.15, 0.2) is 0 Å². The molecule has 2 heteroatoms. The van der Waals surface area contributed by atoms with Crippen LogP contribution in [0.2, 0.25) is 0 Å². The number of hydrogen-bond donors (Lipinski definition) is 0. The molecule has 0 bridgehead atoms. The van der Waals surface area contributed by atoms with Gasteiger partial charge in [0.05, 0.1) is 0 Å². The molecule has 0 saturated carbocycles. The van der Waals surface area contributed by atoms with Crippen LogP contribution in [0, 0.1) is 0 Å². The second kappa shape index (κ2) is 5.07. The zero-order chi connectivity index (χ0) is 5.82. The molecule has 1 aromatic rings. The molecule has 0 fully saturated rings. The van der Waals surface area contributed by atoms with E-state index >= 15 is 0 Å². The van der Waals surface area contributed by atoms with E-state index in [1.54, 1.807) is 0 Å². The summed E-state index contributed by atoms with van der Waals surface area (Å²) >= 11 is 0. The van der Waals surface area contributed by atoms with Crippen LogP contribution in [0.3, 0.4) is 0 Å². The van der Waals surface area contributed by atoms with Crippen molar-refractivity contribution in [2.24, 2.45) is 0 Å². The Bertz CT molecular complexity index is 150. The normalized spacial score (nSPS) is 9.44. The molecule has 0 aliphatic rings. The molecule has 0 N–H and O–H groups in total. The van der Waals surface area contributed by atoms with Crippen LogP contribution in [0.25, 0.3) is 0 Å². The van der Waals surface area contributed by atoms with Gasteiger partial charge in [0, 0.05) is 0 Å². The third kappa shape index (κ3) is 3.07. The molecule has 0 aliphatic heterocycles. The average Bonchev–Trinajstić information content (AvgIpc) is 1.90. The third-order valence-electron chi connectivity index (χ3n) is 1.01. The fraction of sp³-hybridized carbons (Fsp3) is 0.143. The third-order valence-corrected chi connectivity index (χ3v) is 1.83. The zero-order valence-electron chi connectivity index (χ0n) is 5.83. The minimum absolute atomic E-state index is 0. The maximum absolute atomic E-state index is 2.13. The van der Waals surface area contributed by atoms with Crippen molar-refractivity contribution in [3.8, 4) is 0 Å². The van der Waals surface area contributed by atoms with Crippen molar-refractivity contribution in [2.75, 3.05) is 6.66 Å². The quantitative estimate of drug-likeness (QED) is 0.334. The van der Waals surface area contributed by atoms with Gasteiger partial charge in [-0.3, -0.25) is 0 Å². The van der Waals surface area contributed by atoms with Crippen molar-refractivity contribution in [1.82, 2.24) is 0 Å². The second-order valence-electron chi connectivity index (χ2n) is 1.56. The van der Waals surface area contributed by atoms with Gasteiger partial charge in [-0.15, -0.1) is 0 Å². The van der Waals surface area contributed by atoms with Gasteiger partial charge in [-0.05, 0) is 0 Å². The molecule has 9 heavy (non-hydrogen) atoms. The van der Waals surface area contributed by atoms with E-state index in [1.807, 2.05) is 6.07 Å². The molecule has 0 nitrogen and oxygen atoms in total. The minimum Gasteiger partial charge on any atom is -0.510 e. The van der Waals surface area contributed by atoms with Gasteiger partial charge in [0.2, 0.25) is 0 Å². The van der Waals surface area contributed by atoms with Crippen molar-refractivity contribution in [2.45, 2.75) is 0 Å². The molecule has 0 heterocycles. The molecular weight excluding hydrogens is 122 g/mol. The number of rotatable bonds is 1. The summed E-state index contributed by atoms with van der Waals surface area (Å²) in [5.41, 5.74) is 0. The fourth-order valence-electron chi connectivity index (χ4n) is 0.577. The predicted octanol–water partition coefficient (Wildman–Crippen LogP) is -1.11. The molecular formula is C7H8LiP. The Morgan fingerprint density at radius 2 is 1.67 bits per heavy atom. The average molecular weight is 130 g/mol. The SMILES string of the molecule is C[P-]c1ccccc1.[Li+]. The van der Waals surface area contributed by atoms with Crippen LogP contribution in [0.15, 0.2) is 30.3 Å². The first-order valence-corrected chi connectivity index (χ1v) is 3.92. The van der Waals surface area contributed by atoms with Crippen LogP contribution in [0.4, 0.5) is 0 Å². The summed E-state index contributed by atoms with van der Waals surface area (Å²) in [5, 5.41) is 1.38. The van der Waals surface area contributed by atoms with E-state index in [4.69, 9.17) is 0 Å². The van der Waals surface area contributed by atoms with Crippen molar-refractivity contribution in [3.63, 3.8) is 0 Å². The molecule has 0 atom stereocenters. The van der Waals surface area contributed by atoms with Gasteiger partial charge in [-0.25, -0.2) is 5.30 Å². The van der Waals surface area contributed by atoms with Gasteiger partial charge < -0.3 is 8.58 Å². The number of benzene rings is 1. The Morgan fingerprint density at radius 3 is 2.00 bits per heavy atom. The molecule has 0 aromatic heterocycles. The van der Waals surface area contributed by atoms with Gasteiger partial charge in [0.1, 0.15) is 0 Å². The maximum atomic E-state index is 2.13. The molecule has 42 valence electrons. The second-order valence-corrected chi connectivity index (χ2v) is 2.52. The first-order valence-electron chi connectivity index (χ1n) is 2.58. The van der Waals surface area contributed by atoms with E-state index in [-0.39, 0.29) is 18.9 Å². The topological polar surface area (TPSA) is 0 Å². The summed E-state index contributed by atoms with van der Waals surface area (Å²) in [6, 6.07) is 10.4. The van der Waals surface area contributed by atoms with Crippen molar-refractivity contribution in [1.29, 1.82) is 0 Å². The number of hydrogen-bond acceptors (Lipinski definition) is 0. The van der Waals surface area contributed by atoms with Gasteiger partial charge >= 0.3 is 18.9 Å². The Labute approximate surface area is 70.0 Å². The molecule has 0 saturated heterocycles. The summed E-state index contributed by atoms with van der Waals surface area (Å²) in [4.78, 5) is 0. The maximum Gasteiger partial charge on any atom is 1.00 e. The largest absolute Gasteiger partial charge is 1.00 e. The van der Waals surface area contributed by atoms with E-state index in [9.17, 15) is 0 Å². The Kier molecular flexibility index (Phi) is 5.20. The minimum atomic E-state index is 0. The van der Waals surface area contributed by atoms with Crippen molar-refractivity contribution < 1.29 is 18.9 Å². The van der Waals surface area contributed by atoms with Crippen LogP contribution in [0.5, 0.6) is 0 Å². The predicted molar refractivity (Wildman–Crippen MR) is 38.9 cm³/mol. The van der Waals surface area contributed by atoms with E-state index in [1.165, 1.54) is 13.9 Å². The molecule has 0 unspecified atom stereocenters. The summed E-state index contributed by atoms with van der Waals surface area (Å²) < 4.78 is 0. The monoisotopic (exact) mass is 130 g/mol. The fourth-order valence-corrected chi connectivity index (χ4v) is 1.05. The molecule has 1 rings (SSSR count). The van der Waals surface area contributed by atoms with E-state index < -0.39 is 0 Å². The Balaban J connectivity index is 0.000000640. The van der Waals surface area contributed by atoms with E-state index in [0.717, 1.165) is 0 Å². The van der Waals surface area contributed by atoms with Crippen LogP contribution < -0.4 is 24.2 Å². The van der Waals surface area contributed by atoms with Crippen molar-refractivity contribution >= 4 is 13.9 Å². The summed E-state index contributed by atoms with van der Waals surface area (Å²) in [7, 11) is 1.35. The van der Waals surface area contributed by atoms with Crippen LogP contribution in [-0.2, 0) is 0 Å². The molecule has 0 aliphatic carbocycles. The molecule has 0 spiro atoms. The van der Waals surface area contributed by atoms with E-state index in [0.29, 0.717) is 0 Å². The van der Waals surface area contributed by atoms with Gasteiger partial charge in [-0.1, -0.05) is 30.3 Å². The van der Waals surface area contributed by atoms with Crippen molar-refractivity contribution in [3.05, 3.63) is 30.3 Å². The first kappa shape index (κ1) is 9.25. The van der Waals surface area contributed by atoms with Crippen LogP contribution in [-0.4, -0.2) is 6.66 Å². The van der Waals surface area contributed by atoms with Crippen LogP contribution >= 0.6 is 8.58 Å². The summed E-state index contributed by atoms with van der Waals surface area (Å²) in [5.74, 6) is 0. The summed E-state index contributed by atoms with van der Waals surface area (Å²) in [6.45, 7) is 2.13. The zero-order valence-corrected chi connectivity index (χ0v) is 6.73. The Morgan fingerprint density at radius 1 is 1.11 bits per heavy atom. The molecule has 0 amide bonds. The summed E-state index contributed by atoms with van der Waals surface area (Å²) in [6.07, 6.45) is 0.